The van der Waals surface area contributed by atoms with E-state index in [1.54, 1.807) is 7.11 Å². The van der Waals surface area contributed by atoms with E-state index in [1.165, 1.54) is 11.1 Å². The normalized spacial score (nSPS) is 19.1. The van der Waals surface area contributed by atoms with Gasteiger partial charge in [0.25, 0.3) is 0 Å². The first kappa shape index (κ1) is 11.4. The molecule has 1 aromatic heterocycles. The van der Waals surface area contributed by atoms with Crippen LogP contribution in [0.5, 0.6) is 0 Å². The molecule has 2 unspecified atom stereocenters. The van der Waals surface area contributed by atoms with Gasteiger partial charge in [-0.2, -0.15) is 4.98 Å². The minimum absolute atomic E-state index is 0.244. The van der Waals surface area contributed by atoms with Crippen LogP contribution in [0.3, 0.4) is 0 Å². The van der Waals surface area contributed by atoms with Crippen molar-refractivity contribution in [2.75, 3.05) is 13.7 Å². The number of hydrogen-bond acceptors (Lipinski definition) is 5. The summed E-state index contributed by atoms with van der Waals surface area (Å²) >= 11 is 0. The largest absolute Gasteiger partial charge is 0.383 e. The fourth-order valence-electron chi connectivity index (χ4n) is 2.28. The summed E-state index contributed by atoms with van der Waals surface area (Å²) in [4.78, 5) is 4.37. The Morgan fingerprint density at radius 2 is 2.33 bits per heavy atom. The van der Waals surface area contributed by atoms with E-state index in [-0.39, 0.29) is 12.0 Å². The Labute approximate surface area is 105 Å². The number of ether oxygens (including phenoxy) is 1. The first-order chi connectivity index (χ1) is 8.79. The van der Waals surface area contributed by atoms with Gasteiger partial charge < -0.3 is 15.0 Å². The van der Waals surface area contributed by atoms with Crippen molar-refractivity contribution < 1.29 is 9.26 Å². The summed E-state index contributed by atoms with van der Waals surface area (Å²) in [6.07, 6.45) is 0.967. The van der Waals surface area contributed by atoms with Crippen LogP contribution in [0.2, 0.25) is 0 Å². The lowest BCUT2D eigenvalue weighted by Gasteiger charge is -2.27. The van der Waals surface area contributed by atoms with Gasteiger partial charge in [-0.3, -0.25) is 0 Å². The number of fused-ring (bicyclic) bond motifs is 1. The summed E-state index contributed by atoms with van der Waals surface area (Å²) in [5.74, 6) is 1.40. The molecule has 5 nitrogen and oxygen atoms in total. The van der Waals surface area contributed by atoms with E-state index in [2.05, 4.69) is 22.3 Å². The second kappa shape index (κ2) is 4.51. The summed E-state index contributed by atoms with van der Waals surface area (Å²) < 4.78 is 10.2. The number of hydrogen-bond donors (Lipinski definition) is 1. The lowest BCUT2D eigenvalue weighted by Crippen LogP contribution is -2.20. The van der Waals surface area contributed by atoms with Crippen molar-refractivity contribution in [1.82, 2.24) is 10.1 Å². The third kappa shape index (κ3) is 1.81. The van der Waals surface area contributed by atoms with Crippen molar-refractivity contribution >= 4 is 0 Å². The Morgan fingerprint density at radius 1 is 1.50 bits per heavy atom. The van der Waals surface area contributed by atoms with Gasteiger partial charge in [0.15, 0.2) is 5.82 Å². The number of methoxy groups -OCH3 is 1. The number of rotatable bonds is 4. The SMILES string of the molecule is COCC(N)c1nc(C2Cc3ccccc32)no1. The van der Waals surface area contributed by atoms with Crippen molar-refractivity contribution in [3.63, 3.8) is 0 Å². The molecule has 0 saturated heterocycles. The van der Waals surface area contributed by atoms with Gasteiger partial charge in [0.05, 0.1) is 12.5 Å². The van der Waals surface area contributed by atoms with E-state index in [0.717, 1.165) is 12.2 Å². The highest BCUT2D eigenvalue weighted by molar-refractivity contribution is 5.43. The van der Waals surface area contributed by atoms with E-state index in [1.807, 2.05) is 12.1 Å². The minimum atomic E-state index is -0.355. The average molecular weight is 245 g/mol. The second-order valence-electron chi connectivity index (χ2n) is 4.51. The molecular weight excluding hydrogens is 230 g/mol. The average Bonchev–Trinajstić information content (AvgIpc) is 2.80. The van der Waals surface area contributed by atoms with Crippen LogP contribution in [-0.2, 0) is 11.2 Å². The van der Waals surface area contributed by atoms with Crippen LogP contribution in [-0.4, -0.2) is 23.9 Å². The molecule has 3 rings (SSSR count). The molecule has 0 aliphatic heterocycles. The zero-order valence-electron chi connectivity index (χ0n) is 10.2. The molecule has 1 aromatic carbocycles. The van der Waals surface area contributed by atoms with Crippen LogP contribution in [0, 0.1) is 0 Å². The molecule has 0 saturated carbocycles. The zero-order chi connectivity index (χ0) is 12.5. The fourth-order valence-corrected chi connectivity index (χ4v) is 2.28. The molecule has 94 valence electrons. The fraction of sp³-hybridized carbons (Fsp3) is 0.385. The van der Waals surface area contributed by atoms with E-state index in [4.69, 9.17) is 15.0 Å². The lowest BCUT2D eigenvalue weighted by atomic mass is 9.77. The lowest BCUT2D eigenvalue weighted by molar-refractivity contribution is 0.166. The molecule has 1 aliphatic carbocycles. The monoisotopic (exact) mass is 245 g/mol. The van der Waals surface area contributed by atoms with Crippen molar-refractivity contribution in [2.24, 2.45) is 5.73 Å². The molecule has 2 N–H and O–H groups in total. The van der Waals surface area contributed by atoms with Gasteiger partial charge in [-0.25, -0.2) is 0 Å². The zero-order valence-corrected chi connectivity index (χ0v) is 10.2. The predicted octanol–water partition coefficient (Wildman–Crippen LogP) is 1.40. The van der Waals surface area contributed by atoms with E-state index in [0.29, 0.717) is 12.5 Å². The Morgan fingerprint density at radius 3 is 3.11 bits per heavy atom. The number of benzene rings is 1. The quantitative estimate of drug-likeness (QED) is 0.881. The smallest absolute Gasteiger partial charge is 0.245 e. The highest BCUT2D eigenvalue weighted by Crippen LogP contribution is 2.38. The van der Waals surface area contributed by atoms with Crippen molar-refractivity contribution in [3.05, 3.63) is 47.1 Å². The van der Waals surface area contributed by atoms with Gasteiger partial charge in [-0.15, -0.1) is 0 Å². The van der Waals surface area contributed by atoms with E-state index < -0.39 is 0 Å². The Bertz CT molecular complexity index is 553. The molecule has 1 aliphatic rings. The van der Waals surface area contributed by atoms with E-state index in [9.17, 15) is 0 Å². The van der Waals surface area contributed by atoms with Crippen molar-refractivity contribution in [1.29, 1.82) is 0 Å². The summed E-state index contributed by atoms with van der Waals surface area (Å²) in [6, 6.07) is 7.96. The van der Waals surface area contributed by atoms with Gasteiger partial charge in [-0.1, -0.05) is 29.4 Å². The molecule has 5 heteroatoms. The highest BCUT2D eigenvalue weighted by atomic mass is 16.5. The molecule has 1 heterocycles. The maximum atomic E-state index is 5.85. The molecule has 18 heavy (non-hydrogen) atoms. The molecule has 2 aromatic rings. The first-order valence-electron chi connectivity index (χ1n) is 5.95. The summed E-state index contributed by atoms with van der Waals surface area (Å²) in [7, 11) is 1.60. The number of nitrogens with zero attached hydrogens (tertiary/aromatic N) is 2. The molecule has 0 fully saturated rings. The van der Waals surface area contributed by atoms with Gasteiger partial charge in [0.1, 0.15) is 6.04 Å². The van der Waals surface area contributed by atoms with Gasteiger partial charge in [0, 0.05) is 7.11 Å². The first-order valence-corrected chi connectivity index (χ1v) is 5.95. The molecule has 0 spiro atoms. The molecule has 0 amide bonds. The van der Waals surface area contributed by atoms with Crippen LogP contribution in [0.4, 0.5) is 0 Å². The Hall–Kier alpha value is -1.72. The molecule has 0 radical (unpaired) electrons. The topological polar surface area (TPSA) is 74.2 Å². The highest BCUT2D eigenvalue weighted by Gasteiger charge is 2.31. The molecule has 2 atom stereocenters. The van der Waals surface area contributed by atoms with Crippen molar-refractivity contribution in [2.45, 2.75) is 18.4 Å². The number of nitrogens with two attached hydrogens (primary N) is 1. The Balaban J connectivity index is 1.80. The summed E-state index contributed by atoms with van der Waals surface area (Å²) in [5, 5.41) is 4.02. The minimum Gasteiger partial charge on any atom is -0.383 e. The van der Waals surface area contributed by atoms with Crippen LogP contribution < -0.4 is 5.73 Å². The van der Waals surface area contributed by atoms with Gasteiger partial charge in [-0.05, 0) is 17.5 Å². The maximum absolute atomic E-state index is 5.85. The van der Waals surface area contributed by atoms with Crippen molar-refractivity contribution in [3.8, 4) is 0 Å². The second-order valence-corrected chi connectivity index (χ2v) is 4.51. The Kier molecular flexibility index (Phi) is 2.85. The third-order valence-corrected chi connectivity index (χ3v) is 3.29. The van der Waals surface area contributed by atoms with Gasteiger partial charge >= 0.3 is 0 Å². The van der Waals surface area contributed by atoms with Crippen LogP contribution in [0.25, 0.3) is 0 Å². The van der Waals surface area contributed by atoms with Gasteiger partial charge in [0.2, 0.25) is 5.89 Å². The predicted molar refractivity (Wildman–Crippen MR) is 65.1 cm³/mol. The maximum Gasteiger partial charge on any atom is 0.245 e. The molecule has 0 bridgehead atoms. The van der Waals surface area contributed by atoms with Crippen LogP contribution in [0.1, 0.15) is 34.8 Å². The molecular formula is C13H15N3O2. The standard InChI is InChI=1S/C13H15N3O2/c1-17-7-11(14)13-15-12(16-18-13)10-6-8-4-2-3-5-9(8)10/h2-5,10-11H,6-7,14H2,1H3. The van der Waals surface area contributed by atoms with Crippen LogP contribution in [0.15, 0.2) is 28.8 Å². The van der Waals surface area contributed by atoms with E-state index >= 15 is 0 Å². The summed E-state index contributed by atoms with van der Waals surface area (Å²) in [5.41, 5.74) is 8.49. The third-order valence-electron chi connectivity index (χ3n) is 3.29. The summed E-state index contributed by atoms with van der Waals surface area (Å²) in [6.45, 7) is 0.378. The number of aromatic nitrogens is 2. The van der Waals surface area contributed by atoms with Crippen LogP contribution >= 0.6 is 0 Å².